The fourth-order valence-electron chi connectivity index (χ4n) is 2.19. The molecule has 1 nitrogen and oxygen atoms in total. The number of rotatable bonds is 2. The molecule has 1 unspecified atom stereocenters. The predicted molar refractivity (Wildman–Crippen MR) is 79.0 cm³/mol. The zero-order valence-electron chi connectivity index (χ0n) is 10.3. The van der Waals surface area contributed by atoms with Gasteiger partial charge in [0.15, 0.2) is 0 Å². The molecule has 0 aliphatic carbocycles. The number of thiophene rings is 1. The monoisotopic (exact) mass is 253 g/mol. The van der Waals surface area contributed by atoms with Gasteiger partial charge in [0.25, 0.3) is 0 Å². The van der Waals surface area contributed by atoms with Crippen LogP contribution in [0.15, 0.2) is 54.6 Å². The minimum atomic E-state index is -0.0201. The molecule has 1 heterocycles. The van der Waals surface area contributed by atoms with E-state index < -0.39 is 0 Å². The van der Waals surface area contributed by atoms with Crippen LogP contribution in [0.1, 0.15) is 21.4 Å². The number of benzene rings is 2. The third kappa shape index (κ3) is 2.05. The van der Waals surface area contributed by atoms with Crippen molar-refractivity contribution >= 4 is 22.1 Å². The molecular formula is C16H15NS. The van der Waals surface area contributed by atoms with Crippen LogP contribution in [0.2, 0.25) is 0 Å². The summed E-state index contributed by atoms with van der Waals surface area (Å²) in [4.78, 5) is 2.53. The maximum atomic E-state index is 6.33. The Bertz CT molecular complexity index is 684. The third-order valence-corrected chi connectivity index (χ3v) is 4.28. The van der Waals surface area contributed by atoms with Crippen molar-refractivity contribution in [3.8, 4) is 0 Å². The molecule has 0 spiro atoms. The van der Waals surface area contributed by atoms with E-state index in [0.717, 1.165) is 0 Å². The molecule has 2 N–H and O–H groups in total. The minimum absolute atomic E-state index is 0.0201. The molecule has 0 radical (unpaired) electrons. The molecule has 0 aliphatic heterocycles. The first-order valence-corrected chi connectivity index (χ1v) is 6.86. The van der Waals surface area contributed by atoms with Crippen molar-refractivity contribution in [2.45, 2.75) is 13.0 Å². The van der Waals surface area contributed by atoms with Crippen molar-refractivity contribution < 1.29 is 0 Å². The van der Waals surface area contributed by atoms with Crippen molar-refractivity contribution in [2.75, 3.05) is 0 Å². The zero-order valence-corrected chi connectivity index (χ0v) is 11.1. The maximum Gasteiger partial charge on any atom is 0.0646 e. The summed E-state index contributed by atoms with van der Waals surface area (Å²) >= 11 is 1.77. The molecule has 0 aliphatic rings. The van der Waals surface area contributed by atoms with Gasteiger partial charge >= 0.3 is 0 Å². The highest BCUT2D eigenvalue weighted by Crippen LogP contribution is 2.28. The average molecular weight is 253 g/mol. The van der Waals surface area contributed by atoms with Crippen LogP contribution in [-0.4, -0.2) is 0 Å². The summed E-state index contributed by atoms with van der Waals surface area (Å²) in [5, 5.41) is 2.51. The van der Waals surface area contributed by atoms with Gasteiger partial charge in [-0.3, -0.25) is 0 Å². The van der Waals surface area contributed by atoms with Gasteiger partial charge in [-0.15, -0.1) is 11.3 Å². The standard InChI is InChI=1S/C16H15NS/c1-11-6-9-15(18-11)16(17)14-8-7-12-4-2-3-5-13(12)10-14/h2-10,16H,17H2,1H3. The Labute approximate surface area is 111 Å². The molecule has 0 amide bonds. The Balaban J connectivity index is 2.03. The number of hydrogen-bond acceptors (Lipinski definition) is 2. The molecule has 0 fully saturated rings. The number of fused-ring (bicyclic) bond motifs is 1. The second-order valence-electron chi connectivity index (χ2n) is 4.53. The first kappa shape index (κ1) is 11.5. The quantitative estimate of drug-likeness (QED) is 0.725. The highest BCUT2D eigenvalue weighted by atomic mass is 32.1. The van der Waals surface area contributed by atoms with Crippen molar-refractivity contribution in [1.82, 2.24) is 0 Å². The van der Waals surface area contributed by atoms with E-state index in [1.54, 1.807) is 11.3 Å². The summed E-state index contributed by atoms with van der Waals surface area (Å²) in [7, 11) is 0. The lowest BCUT2D eigenvalue weighted by Gasteiger charge is -2.11. The summed E-state index contributed by atoms with van der Waals surface area (Å²) in [6, 6.07) is 19.1. The summed E-state index contributed by atoms with van der Waals surface area (Å²) < 4.78 is 0. The van der Waals surface area contributed by atoms with E-state index in [1.165, 1.54) is 26.1 Å². The topological polar surface area (TPSA) is 26.0 Å². The van der Waals surface area contributed by atoms with Crippen molar-refractivity contribution in [2.24, 2.45) is 5.73 Å². The fraction of sp³-hybridized carbons (Fsp3) is 0.125. The lowest BCUT2D eigenvalue weighted by molar-refractivity contribution is 0.896. The second-order valence-corrected chi connectivity index (χ2v) is 5.85. The molecule has 2 heteroatoms. The largest absolute Gasteiger partial charge is 0.320 e. The Morgan fingerprint density at radius 1 is 0.944 bits per heavy atom. The Hall–Kier alpha value is -1.64. The summed E-state index contributed by atoms with van der Waals surface area (Å²) in [6.07, 6.45) is 0. The summed E-state index contributed by atoms with van der Waals surface area (Å²) in [5.41, 5.74) is 7.51. The van der Waals surface area contributed by atoms with Crippen LogP contribution in [-0.2, 0) is 0 Å². The molecule has 1 aromatic heterocycles. The number of nitrogens with two attached hydrogens (primary N) is 1. The van der Waals surface area contributed by atoms with Crippen molar-refractivity contribution in [3.63, 3.8) is 0 Å². The van der Waals surface area contributed by atoms with Gasteiger partial charge in [0.1, 0.15) is 0 Å². The Morgan fingerprint density at radius 3 is 2.44 bits per heavy atom. The molecule has 0 saturated heterocycles. The second kappa shape index (κ2) is 4.56. The highest BCUT2D eigenvalue weighted by molar-refractivity contribution is 7.12. The first-order chi connectivity index (χ1) is 8.74. The molecule has 3 rings (SSSR count). The van der Waals surface area contributed by atoms with Gasteiger partial charge in [0.05, 0.1) is 6.04 Å². The van der Waals surface area contributed by atoms with Crippen LogP contribution in [0.4, 0.5) is 0 Å². The molecule has 0 saturated carbocycles. The van der Waals surface area contributed by atoms with E-state index in [0.29, 0.717) is 0 Å². The molecule has 90 valence electrons. The van der Waals surface area contributed by atoms with Gasteiger partial charge in [0, 0.05) is 9.75 Å². The van der Waals surface area contributed by atoms with E-state index in [4.69, 9.17) is 5.73 Å². The van der Waals surface area contributed by atoms with Gasteiger partial charge in [-0.25, -0.2) is 0 Å². The van der Waals surface area contributed by atoms with E-state index in [9.17, 15) is 0 Å². The lowest BCUT2D eigenvalue weighted by Crippen LogP contribution is -2.09. The third-order valence-electron chi connectivity index (χ3n) is 3.20. The van der Waals surface area contributed by atoms with E-state index >= 15 is 0 Å². The van der Waals surface area contributed by atoms with Crippen LogP contribution in [0, 0.1) is 6.92 Å². The summed E-state index contributed by atoms with van der Waals surface area (Å²) in [5.74, 6) is 0. The van der Waals surface area contributed by atoms with E-state index in [1.807, 2.05) is 0 Å². The normalized spacial score (nSPS) is 12.8. The number of aryl methyl sites for hydroxylation is 1. The average Bonchev–Trinajstić information content (AvgIpc) is 2.84. The van der Waals surface area contributed by atoms with Crippen LogP contribution in [0.5, 0.6) is 0 Å². The number of hydrogen-bond donors (Lipinski definition) is 1. The molecule has 0 bridgehead atoms. The summed E-state index contributed by atoms with van der Waals surface area (Å²) in [6.45, 7) is 2.11. The first-order valence-electron chi connectivity index (χ1n) is 6.04. The fourth-order valence-corrected chi connectivity index (χ4v) is 3.09. The highest BCUT2D eigenvalue weighted by Gasteiger charge is 2.11. The van der Waals surface area contributed by atoms with Crippen LogP contribution in [0.3, 0.4) is 0 Å². The smallest absolute Gasteiger partial charge is 0.0646 e. The van der Waals surface area contributed by atoms with Crippen LogP contribution in [0.25, 0.3) is 10.8 Å². The molecule has 1 atom stereocenters. The van der Waals surface area contributed by atoms with Gasteiger partial charge in [-0.2, -0.15) is 0 Å². The van der Waals surface area contributed by atoms with E-state index in [-0.39, 0.29) is 6.04 Å². The molecule has 18 heavy (non-hydrogen) atoms. The van der Waals surface area contributed by atoms with Crippen molar-refractivity contribution in [1.29, 1.82) is 0 Å². The van der Waals surface area contributed by atoms with Crippen LogP contribution < -0.4 is 5.73 Å². The van der Waals surface area contributed by atoms with Crippen LogP contribution >= 0.6 is 11.3 Å². The molecular weight excluding hydrogens is 238 g/mol. The van der Waals surface area contributed by atoms with Gasteiger partial charge in [-0.05, 0) is 41.5 Å². The minimum Gasteiger partial charge on any atom is -0.320 e. The predicted octanol–water partition coefficient (Wildman–Crippen LogP) is 4.26. The van der Waals surface area contributed by atoms with Crippen molar-refractivity contribution in [3.05, 3.63) is 69.9 Å². The van der Waals surface area contributed by atoms with Gasteiger partial charge in [-0.1, -0.05) is 36.4 Å². The SMILES string of the molecule is Cc1ccc(C(N)c2ccc3ccccc3c2)s1. The maximum absolute atomic E-state index is 6.33. The molecule has 2 aromatic carbocycles. The van der Waals surface area contributed by atoms with Gasteiger partial charge in [0.2, 0.25) is 0 Å². The van der Waals surface area contributed by atoms with Gasteiger partial charge < -0.3 is 5.73 Å². The zero-order chi connectivity index (χ0) is 12.5. The lowest BCUT2D eigenvalue weighted by atomic mass is 10.0. The molecule has 3 aromatic rings. The van der Waals surface area contributed by atoms with E-state index in [2.05, 4.69) is 61.5 Å². The Morgan fingerprint density at radius 2 is 1.72 bits per heavy atom. The Kier molecular flexibility index (Phi) is 2.90.